The van der Waals surface area contributed by atoms with E-state index in [0.29, 0.717) is 6.04 Å². The fraction of sp³-hybridized carbons (Fsp3) is 0.471. The van der Waals surface area contributed by atoms with Crippen molar-refractivity contribution in [3.05, 3.63) is 41.7 Å². The van der Waals surface area contributed by atoms with Crippen LogP contribution in [0.4, 0.5) is 5.95 Å². The molecule has 0 amide bonds. The van der Waals surface area contributed by atoms with Gasteiger partial charge in [-0.15, -0.1) is 0 Å². The highest BCUT2D eigenvalue weighted by molar-refractivity contribution is 5.39. The third-order valence-electron chi connectivity index (χ3n) is 4.03. The smallest absolute Gasteiger partial charge is 0.203 e. The summed E-state index contributed by atoms with van der Waals surface area (Å²) in [6.07, 6.45) is 3.24. The molecule has 1 atom stereocenters. The summed E-state index contributed by atoms with van der Waals surface area (Å²) in [5.41, 5.74) is 2.50. The lowest BCUT2D eigenvalue weighted by Gasteiger charge is -2.25. The quantitative estimate of drug-likeness (QED) is 0.913. The Morgan fingerprint density at radius 2 is 1.95 bits per heavy atom. The minimum atomic E-state index is 0.0850. The summed E-state index contributed by atoms with van der Waals surface area (Å²) in [6, 6.07) is 8.59. The van der Waals surface area contributed by atoms with Gasteiger partial charge in [-0.05, 0) is 24.1 Å². The lowest BCUT2D eigenvalue weighted by Crippen LogP contribution is -2.21. The molecule has 0 spiro atoms. The normalized spacial score (nSPS) is 18.0. The number of imidazole rings is 1. The first-order valence-electron chi connectivity index (χ1n) is 7.45. The summed E-state index contributed by atoms with van der Waals surface area (Å²) in [5, 5.41) is 3.55. The van der Waals surface area contributed by atoms with Crippen molar-refractivity contribution in [3.63, 3.8) is 0 Å². The van der Waals surface area contributed by atoms with Gasteiger partial charge in [-0.25, -0.2) is 4.98 Å². The number of hydrogen-bond acceptors (Lipinski definition) is 3. The number of benzene rings is 1. The van der Waals surface area contributed by atoms with Crippen LogP contribution in [-0.4, -0.2) is 16.7 Å². The Bertz CT molecular complexity index is 622. The summed E-state index contributed by atoms with van der Waals surface area (Å²) in [4.78, 5) is 4.76. The van der Waals surface area contributed by atoms with Crippen LogP contribution in [0.15, 0.2) is 30.5 Å². The molecule has 1 N–H and O–H groups in total. The molecule has 1 unspecified atom stereocenters. The highest BCUT2D eigenvalue weighted by Gasteiger charge is 2.24. The number of methoxy groups -OCH3 is 1. The standard InChI is InChI=1S/C17H23N3O/c1-17(2,3)15-11-20-10-9-14(18-16(20)19-15)12-5-7-13(21-4)8-6-12/h5-8,11,14H,9-10H2,1-4H3,(H,18,19). The van der Waals surface area contributed by atoms with Crippen molar-refractivity contribution in [2.75, 3.05) is 12.4 Å². The molecule has 2 heterocycles. The van der Waals surface area contributed by atoms with Gasteiger partial charge in [-0.2, -0.15) is 0 Å². The van der Waals surface area contributed by atoms with Gasteiger partial charge in [-0.3, -0.25) is 0 Å². The molecule has 4 heteroatoms. The van der Waals surface area contributed by atoms with Gasteiger partial charge in [0.05, 0.1) is 18.8 Å². The molecule has 0 saturated carbocycles. The number of fused-ring (bicyclic) bond motifs is 1. The SMILES string of the molecule is COc1ccc(C2CCn3cc(C(C)(C)C)nc3N2)cc1. The molecule has 1 aliphatic heterocycles. The highest BCUT2D eigenvalue weighted by atomic mass is 16.5. The van der Waals surface area contributed by atoms with E-state index in [0.717, 1.165) is 30.4 Å². The van der Waals surface area contributed by atoms with Crippen LogP contribution in [0, 0.1) is 0 Å². The van der Waals surface area contributed by atoms with Crippen LogP contribution >= 0.6 is 0 Å². The average molecular weight is 285 g/mol. The number of hydrogen-bond donors (Lipinski definition) is 1. The summed E-state index contributed by atoms with van der Waals surface area (Å²) in [5.74, 6) is 1.87. The van der Waals surface area contributed by atoms with Crippen molar-refractivity contribution in [3.8, 4) is 5.75 Å². The predicted molar refractivity (Wildman–Crippen MR) is 84.9 cm³/mol. The Kier molecular flexibility index (Phi) is 3.40. The zero-order chi connectivity index (χ0) is 15.0. The number of nitrogens with zero attached hydrogens (tertiary/aromatic N) is 2. The summed E-state index contributed by atoms with van der Waals surface area (Å²) in [6.45, 7) is 7.59. The Hall–Kier alpha value is -1.97. The predicted octanol–water partition coefficient (Wildman–Crippen LogP) is 3.75. The van der Waals surface area contributed by atoms with Crippen LogP contribution in [0.2, 0.25) is 0 Å². The molecule has 2 aromatic rings. The topological polar surface area (TPSA) is 39.1 Å². The molecule has 0 aliphatic carbocycles. The number of aryl methyl sites for hydroxylation is 1. The molecular formula is C17H23N3O. The van der Waals surface area contributed by atoms with E-state index in [2.05, 4.69) is 49.0 Å². The molecule has 0 bridgehead atoms. The van der Waals surface area contributed by atoms with Gasteiger partial charge in [0.1, 0.15) is 5.75 Å². The lowest BCUT2D eigenvalue weighted by atomic mass is 9.93. The largest absolute Gasteiger partial charge is 0.497 e. The minimum Gasteiger partial charge on any atom is -0.497 e. The van der Waals surface area contributed by atoms with Gasteiger partial charge in [0.15, 0.2) is 0 Å². The molecule has 1 aliphatic rings. The Labute approximate surface area is 126 Å². The zero-order valence-corrected chi connectivity index (χ0v) is 13.2. The van der Waals surface area contributed by atoms with Crippen LogP contribution in [0.5, 0.6) is 5.75 Å². The second-order valence-electron chi connectivity index (χ2n) is 6.65. The van der Waals surface area contributed by atoms with Gasteiger partial charge in [0.25, 0.3) is 0 Å². The van der Waals surface area contributed by atoms with E-state index >= 15 is 0 Å². The van der Waals surface area contributed by atoms with Crippen molar-refractivity contribution in [1.82, 2.24) is 9.55 Å². The Morgan fingerprint density at radius 3 is 2.57 bits per heavy atom. The second-order valence-corrected chi connectivity index (χ2v) is 6.65. The van der Waals surface area contributed by atoms with E-state index in [9.17, 15) is 0 Å². The van der Waals surface area contributed by atoms with E-state index in [1.807, 2.05) is 12.1 Å². The fourth-order valence-electron chi connectivity index (χ4n) is 2.65. The van der Waals surface area contributed by atoms with Gasteiger partial charge >= 0.3 is 0 Å². The molecule has 1 aromatic heterocycles. The maximum atomic E-state index is 5.22. The molecule has 0 radical (unpaired) electrons. The molecule has 3 rings (SSSR count). The van der Waals surface area contributed by atoms with Crippen molar-refractivity contribution < 1.29 is 4.74 Å². The molecule has 0 saturated heterocycles. The van der Waals surface area contributed by atoms with E-state index in [1.54, 1.807) is 7.11 Å². The molecule has 112 valence electrons. The second kappa shape index (κ2) is 5.10. The van der Waals surface area contributed by atoms with Gasteiger partial charge in [-0.1, -0.05) is 32.9 Å². The summed E-state index contributed by atoms with van der Waals surface area (Å²) >= 11 is 0. The number of rotatable bonds is 2. The van der Waals surface area contributed by atoms with E-state index < -0.39 is 0 Å². The Balaban J connectivity index is 1.81. The average Bonchev–Trinajstić information content (AvgIpc) is 2.90. The van der Waals surface area contributed by atoms with Crippen LogP contribution in [-0.2, 0) is 12.0 Å². The number of nitrogens with one attached hydrogen (secondary N) is 1. The lowest BCUT2D eigenvalue weighted by molar-refractivity contribution is 0.414. The maximum absolute atomic E-state index is 5.22. The molecular weight excluding hydrogens is 262 g/mol. The van der Waals surface area contributed by atoms with Crippen LogP contribution in [0.1, 0.15) is 44.5 Å². The zero-order valence-electron chi connectivity index (χ0n) is 13.2. The van der Waals surface area contributed by atoms with E-state index in [1.165, 1.54) is 5.56 Å². The Morgan fingerprint density at radius 1 is 1.24 bits per heavy atom. The number of ether oxygens (including phenoxy) is 1. The summed E-state index contributed by atoms with van der Waals surface area (Å²) < 4.78 is 7.44. The minimum absolute atomic E-state index is 0.0850. The van der Waals surface area contributed by atoms with Gasteiger partial charge < -0.3 is 14.6 Å². The third-order valence-corrected chi connectivity index (χ3v) is 4.03. The first kappa shape index (κ1) is 14.0. The molecule has 21 heavy (non-hydrogen) atoms. The molecule has 1 aromatic carbocycles. The highest BCUT2D eigenvalue weighted by Crippen LogP contribution is 2.31. The van der Waals surface area contributed by atoms with Crippen molar-refractivity contribution in [2.24, 2.45) is 0 Å². The van der Waals surface area contributed by atoms with E-state index in [-0.39, 0.29) is 5.41 Å². The molecule has 4 nitrogen and oxygen atoms in total. The number of anilines is 1. The van der Waals surface area contributed by atoms with Crippen LogP contribution in [0.3, 0.4) is 0 Å². The van der Waals surface area contributed by atoms with Crippen LogP contribution in [0.25, 0.3) is 0 Å². The van der Waals surface area contributed by atoms with Gasteiger partial charge in [0.2, 0.25) is 5.95 Å². The molecule has 0 fully saturated rings. The first-order chi connectivity index (χ1) is 9.97. The van der Waals surface area contributed by atoms with Crippen molar-refractivity contribution in [2.45, 2.75) is 45.2 Å². The fourth-order valence-corrected chi connectivity index (χ4v) is 2.65. The van der Waals surface area contributed by atoms with Crippen molar-refractivity contribution in [1.29, 1.82) is 0 Å². The summed E-state index contributed by atoms with van der Waals surface area (Å²) in [7, 11) is 1.69. The van der Waals surface area contributed by atoms with Crippen LogP contribution < -0.4 is 10.1 Å². The number of aromatic nitrogens is 2. The van der Waals surface area contributed by atoms with E-state index in [4.69, 9.17) is 9.72 Å². The van der Waals surface area contributed by atoms with Crippen molar-refractivity contribution >= 4 is 5.95 Å². The first-order valence-corrected chi connectivity index (χ1v) is 7.45. The monoisotopic (exact) mass is 285 g/mol. The maximum Gasteiger partial charge on any atom is 0.203 e. The third kappa shape index (κ3) is 2.75. The van der Waals surface area contributed by atoms with Gasteiger partial charge in [0, 0.05) is 18.2 Å².